The number of ether oxygens (including phenoxy) is 1. The number of aliphatic hydroxyl groups excluding tert-OH is 1. The smallest absolute Gasteiger partial charge is 0.262 e. The van der Waals surface area contributed by atoms with Crippen molar-refractivity contribution in [1.29, 1.82) is 0 Å². The summed E-state index contributed by atoms with van der Waals surface area (Å²) in [5.41, 5.74) is 3.06. The van der Waals surface area contributed by atoms with Crippen LogP contribution in [0.5, 0.6) is 0 Å². The van der Waals surface area contributed by atoms with Crippen molar-refractivity contribution in [2.45, 2.75) is 25.7 Å². The maximum Gasteiger partial charge on any atom is 0.262 e. The molecule has 0 bridgehead atoms. The summed E-state index contributed by atoms with van der Waals surface area (Å²) in [6, 6.07) is 19.8. The predicted octanol–water partition coefficient (Wildman–Crippen LogP) is 3.93. The Kier molecular flexibility index (Phi) is 5.85. The van der Waals surface area contributed by atoms with E-state index in [4.69, 9.17) is 4.74 Å². The lowest BCUT2D eigenvalue weighted by Gasteiger charge is -2.22. The third kappa shape index (κ3) is 4.29. The highest BCUT2D eigenvalue weighted by Crippen LogP contribution is 2.28. The van der Waals surface area contributed by atoms with Gasteiger partial charge in [-0.1, -0.05) is 54.6 Å². The first-order valence-corrected chi connectivity index (χ1v) is 10.3. The van der Waals surface area contributed by atoms with Crippen LogP contribution < -0.4 is 5.56 Å². The van der Waals surface area contributed by atoms with Crippen molar-refractivity contribution in [2.24, 2.45) is 0 Å². The lowest BCUT2D eigenvalue weighted by molar-refractivity contribution is -0.00118. The van der Waals surface area contributed by atoms with Crippen LogP contribution in [0.15, 0.2) is 77.2 Å². The van der Waals surface area contributed by atoms with Crippen molar-refractivity contribution in [3.05, 3.63) is 99.4 Å². The minimum atomic E-state index is -0.833. The monoisotopic (exact) mass is 406 g/mol. The Morgan fingerprint density at radius 2 is 1.86 bits per heavy atom. The summed E-state index contributed by atoms with van der Waals surface area (Å²) in [5, 5.41) is 13.0. The Labute approximate surface area is 172 Å². The summed E-state index contributed by atoms with van der Waals surface area (Å²) in [7, 11) is 0. The fourth-order valence-corrected chi connectivity index (χ4v) is 4.11. The van der Waals surface area contributed by atoms with E-state index in [9.17, 15) is 9.90 Å². The second-order valence-corrected chi connectivity index (χ2v) is 7.87. The Morgan fingerprint density at radius 1 is 1.10 bits per heavy atom. The van der Waals surface area contributed by atoms with Gasteiger partial charge in [0.2, 0.25) is 0 Å². The van der Waals surface area contributed by atoms with E-state index in [1.54, 1.807) is 6.07 Å². The van der Waals surface area contributed by atoms with Crippen LogP contribution >= 0.6 is 11.3 Å². The molecule has 0 saturated carbocycles. The number of rotatable bonds is 7. The van der Waals surface area contributed by atoms with Gasteiger partial charge in [0, 0.05) is 0 Å². The van der Waals surface area contributed by atoms with E-state index in [1.165, 1.54) is 22.2 Å². The van der Waals surface area contributed by atoms with Crippen molar-refractivity contribution in [1.82, 2.24) is 9.55 Å². The molecule has 0 aliphatic heterocycles. The summed E-state index contributed by atoms with van der Waals surface area (Å²) in [4.78, 5) is 17.5. The largest absolute Gasteiger partial charge is 0.389 e. The summed E-state index contributed by atoms with van der Waals surface area (Å²) in [6.45, 7) is 2.28. The maximum atomic E-state index is 12.5. The lowest BCUT2D eigenvalue weighted by atomic mass is 9.97. The standard InChI is InChI=1S/C23H22N2O3S/c1-16-7-5-6-10-19(16)21(17-8-3-2-4-9-17)28-14-18(26)13-25-15-24-22-20(23(25)27)11-12-29-22/h2-12,15,18,21,26H,13-14H2,1H3/t18-,21+/m1/s1. The van der Waals surface area contributed by atoms with Crippen molar-refractivity contribution >= 4 is 21.6 Å². The maximum absolute atomic E-state index is 12.5. The number of benzene rings is 2. The first-order valence-electron chi connectivity index (χ1n) is 9.46. The third-order valence-corrected chi connectivity index (χ3v) is 5.71. The molecule has 148 valence electrons. The molecule has 4 aromatic rings. The summed E-state index contributed by atoms with van der Waals surface area (Å²) < 4.78 is 7.60. The van der Waals surface area contributed by atoms with E-state index in [-0.39, 0.29) is 24.8 Å². The molecule has 29 heavy (non-hydrogen) atoms. The highest BCUT2D eigenvalue weighted by Gasteiger charge is 2.19. The Hall–Kier alpha value is -2.80. The van der Waals surface area contributed by atoms with Crippen molar-refractivity contribution in [3.63, 3.8) is 0 Å². The van der Waals surface area contributed by atoms with E-state index >= 15 is 0 Å². The molecule has 6 heteroatoms. The van der Waals surface area contributed by atoms with Crippen LogP contribution in [-0.4, -0.2) is 27.4 Å². The summed E-state index contributed by atoms with van der Waals surface area (Å²) in [5.74, 6) is 0. The van der Waals surface area contributed by atoms with Crippen LogP contribution in [0.25, 0.3) is 10.2 Å². The number of hydrogen-bond donors (Lipinski definition) is 1. The molecule has 0 aliphatic rings. The molecular formula is C23H22N2O3S. The van der Waals surface area contributed by atoms with Crippen LogP contribution in [-0.2, 0) is 11.3 Å². The van der Waals surface area contributed by atoms with Gasteiger partial charge in [0.25, 0.3) is 5.56 Å². The van der Waals surface area contributed by atoms with Crippen LogP contribution in [0.3, 0.4) is 0 Å². The fourth-order valence-electron chi connectivity index (χ4n) is 3.38. The molecule has 0 fully saturated rings. The molecule has 5 nitrogen and oxygen atoms in total. The molecule has 4 rings (SSSR count). The SMILES string of the molecule is Cc1ccccc1[C@@H](OC[C@H](O)Cn1cnc2sccc2c1=O)c1ccccc1. The minimum Gasteiger partial charge on any atom is -0.389 e. The molecule has 2 aromatic heterocycles. The number of fused-ring (bicyclic) bond motifs is 1. The molecule has 0 spiro atoms. The van der Waals surface area contributed by atoms with Gasteiger partial charge in [0.05, 0.1) is 31.0 Å². The van der Waals surface area contributed by atoms with Gasteiger partial charge < -0.3 is 9.84 Å². The molecule has 0 saturated heterocycles. The normalized spacial score (nSPS) is 13.4. The summed E-state index contributed by atoms with van der Waals surface area (Å²) >= 11 is 1.43. The van der Waals surface area contributed by atoms with E-state index in [0.717, 1.165) is 16.7 Å². The Bertz CT molecular complexity index is 1150. The zero-order chi connectivity index (χ0) is 20.2. The molecule has 2 heterocycles. The minimum absolute atomic E-state index is 0.0992. The molecule has 0 aliphatic carbocycles. The third-order valence-electron chi connectivity index (χ3n) is 4.89. The van der Waals surface area contributed by atoms with Gasteiger partial charge >= 0.3 is 0 Å². The van der Waals surface area contributed by atoms with E-state index in [1.807, 2.05) is 66.9 Å². The second-order valence-electron chi connectivity index (χ2n) is 6.98. The second kappa shape index (κ2) is 8.69. The highest BCUT2D eigenvalue weighted by molar-refractivity contribution is 7.16. The number of hydrogen-bond acceptors (Lipinski definition) is 5. The predicted molar refractivity (Wildman–Crippen MR) is 115 cm³/mol. The van der Waals surface area contributed by atoms with Crippen molar-refractivity contribution in [2.75, 3.05) is 6.61 Å². The number of thiophene rings is 1. The van der Waals surface area contributed by atoms with Gasteiger partial charge in [0.15, 0.2) is 0 Å². The lowest BCUT2D eigenvalue weighted by Crippen LogP contribution is -2.30. The van der Waals surface area contributed by atoms with Crippen molar-refractivity contribution in [3.8, 4) is 0 Å². The van der Waals surface area contributed by atoms with Gasteiger partial charge in [-0.05, 0) is 35.1 Å². The molecule has 1 N–H and O–H groups in total. The first kappa shape index (κ1) is 19.5. The van der Waals surface area contributed by atoms with Gasteiger partial charge in [-0.25, -0.2) is 4.98 Å². The van der Waals surface area contributed by atoms with E-state index in [2.05, 4.69) is 4.98 Å². The highest BCUT2D eigenvalue weighted by atomic mass is 32.1. The quantitative estimate of drug-likeness (QED) is 0.505. The Morgan fingerprint density at radius 3 is 2.66 bits per heavy atom. The number of nitrogens with zero attached hydrogens (tertiary/aromatic N) is 2. The van der Waals surface area contributed by atoms with Gasteiger partial charge in [0.1, 0.15) is 10.9 Å². The average Bonchev–Trinajstić information content (AvgIpc) is 3.22. The Balaban J connectivity index is 1.51. The fraction of sp³-hybridized carbons (Fsp3) is 0.217. The zero-order valence-electron chi connectivity index (χ0n) is 16.1. The molecular weight excluding hydrogens is 384 g/mol. The molecule has 0 radical (unpaired) electrons. The topological polar surface area (TPSA) is 64.3 Å². The van der Waals surface area contributed by atoms with Crippen molar-refractivity contribution < 1.29 is 9.84 Å². The first-order chi connectivity index (χ1) is 14.1. The summed E-state index contributed by atoms with van der Waals surface area (Å²) in [6.07, 6.45) is 0.363. The van der Waals surface area contributed by atoms with Crippen LogP contribution in [0.4, 0.5) is 0 Å². The molecule has 0 unspecified atom stereocenters. The van der Waals surface area contributed by atoms with Crippen LogP contribution in [0.2, 0.25) is 0 Å². The van der Waals surface area contributed by atoms with E-state index < -0.39 is 6.10 Å². The number of aromatic nitrogens is 2. The average molecular weight is 407 g/mol. The van der Waals surface area contributed by atoms with Gasteiger partial charge in [-0.3, -0.25) is 9.36 Å². The van der Waals surface area contributed by atoms with Gasteiger partial charge in [-0.15, -0.1) is 11.3 Å². The van der Waals surface area contributed by atoms with E-state index in [0.29, 0.717) is 10.2 Å². The number of aryl methyl sites for hydroxylation is 1. The van der Waals surface area contributed by atoms with Crippen LogP contribution in [0.1, 0.15) is 22.8 Å². The molecule has 0 amide bonds. The molecule has 2 aromatic carbocycles. The van der Waals surface area contributed by atoms with Crippen LogP contribution in [0, 0.1) is 6.92 Å². The molecule has 2 atom stereocenters. The zero-order valence-corrected chi connectivity index (χ0v) is 16.9. The van der Waals surface area contributed by atoms with Gasteiger partial charge in [-0.2, -0.15) is 0 Å². The number of aliphatic hydroxyl groups is 1.